The van der Waals surface area contributed by atoms with Crippen LogP contribution in [-0.4, -0.2) is 15.8 Å². The summed E-state index contributed by atoms with van der Waals surface area (Å²) in [6.07, 6.45) is 11.8. The van der Waals surface area contributed by atoms with Crippen molar-refractivity contribution < 1.29 is 0 Å². The molecule has 1 heterocycles. The van der Waals surface area contributed by atoms with Crippen LogP contribution in [0.15, 0.2) is 42.7 Å². The lowest BCUT2D eigenvalue weighted by molar-refractivity contribution is 0.444. The fourth-order valence-corrected chi connectivity index (χ4v) is 3.36. The van der Waals surface area contributed by atoms with Crippen molar-refractivity contribution in [1.29, 1.82) is 0 Å². The Bertz CT molecular complexity index is 547. The van der Waals surface area contributed by atoms with Crippen LogP contribution in [0.1, 0.15) is 45.4 Å². The molecule has 112 valence electrons. The van der Waals surface area contributed by atoms with Gasteiger partial charge < -0.3 is 5.32 Å². The molecule has 2 unspecified atom stereocenters. The third-order valence-electron chi connectivity index (χ3n) is 4.68. The lowest BCUT2D eigenvalue weighted by Gasteiger charge is -2.20. The molecule has 0 aliphatic heterocycles. The van der Waals surface area contributed by atoms with E-state index in [4.69, 9.17) is 0 Å². The Balaban J connectivity index is 1.73. The Morgan fingerprint density at radius 2 is 2.05 bits per heavy atom. The van der Waals surface area contributed by atoms with Gasteiger partial charge in [-0.2, -0.15) is 5.10 Å². The number of benzene rings is 1. The van der Waals surface area contributed by atoms with Gasteiger partial charge in [0.25, 0.3) is 0 Å². The lowest BCUT2D eigenvalue weighted by Crippen LogP contribution is -2.19. The third-order valence-corrected chi connectivity index (χ3v) is 4.68. The highest BCUT2D eigenvalue weighted by Crippen LogP contribution is 2.28. The molecule has 0 amide bonds. The first-order chi connectivity index (χ1) is 10.4. The number of nitrogens with zero attached hydrogens (tertiary/aromatic N) is 2. The molecular weight excluding hydrogens is 258 g/mol. The van der Waals surface area contributed by atoms with Crippen LogP contribution in [-0.2, 0) is 0 Å². The summed E-state index contributed by atoms with van der Waals surface area (Å²) in [6, 6.07) is 11.0. The summed E-state index contributed by atoms with van der Waals surface area (Å²) in [7, 11) is 0. The molecule has 3 nitrogen and oxygen atoms in total. The van der Waals surface area contributed by atoms with E-state index in [-0.39, 0.29) is 0 Å². The molecule has 3 heteroatoms. The van der Waals surface area contributed by atoms with Crippen molar-refractivity contribution in [3.8, 4) is 5.69 Å². The van der Waals surface area contributed by atoms with Crippen molar-refractivity contribution in [2.24, 2.45) is 5.92 Å². The molecule has 0 saturated heterocycles. The fourth-order valence-electron chi connectivity index (χ4n) is 3.36. The smallest absolute Gasteiger partial charge is 0.0876 e. The van der Waals surface area contributed by atoms with E-state index in [1.165, 1.54) is 44.2 Å². The highest BCUT2D eigenvalue weighted by atomic mass is 15.3. The summed E-state index contributed by atoms with van der Waals surface area (Å²) >= 11 is 0. The predicted molar refractivity (Wildman–Crippen MR) is 87.8 cm³/mol. The summed E-state index contributed by atoms with van der Waals surface area (Å²) in [5.41, 5.74) is 2.33. The minimum Gasteiger partial charge on any atom is -0.381 e. The van der Waals surface area contributed by atoms with Gasteiger partial charge >= 0.3 is 0 Å². The van der Waals surface area contributed by atoms with Crippen LogP contribution in [0.25, 0.3) is 5.69 Å². The van der Waals surface area contributed by atoms with E-state index in [0.717, 1.165) is 11.6 Å². The molecule has 1 aliphatic carbocycles. The Morgan fingerprint density at radius 3 is 2.86 bits per heavy atom. The molecule has 0 spiro atoms. The van der Waals surface area contributed by atoms with Crippen molar-refractivity contribution >= 4 is 5.69 Å². The maximum absolute atomic E-state index is 4.36. The molecule has 0 bridgehead atoms. The normalized spacial score (nSPS) is 22.7. The van der Waals surface area contributed by atoms with Crippen molar-refractivity contribution in [3.63, 3.8) is 0 Å². The molecule has 2 atom stereocenters. The predicted octanol–water partition coefficient (Wildman–Crippen LogP) is 4.64. The molecule has 1 saturated carbocycles. The van der Waals surface area contributed by atoms with Gasteiger partial charge in [0.05, 0.1) is 11.4 Å². The zero-order chi connectivity index (χ0) is 14.5. The Kier molecular flexibility index (Phi) is 4.59. The number of hydrogen-bond donors (Lipinski definition) is 1. The Labute approximate surface area is 127 Å². The Morgan fingerprint density at radius 1 is 1.14 bits per heavy atom. The number of aromatic nitrogens is 2. The second-order valence-electron chi connectivity index (χ2n) is 6.09. The first-order valence-corrected chi connectivity index (χ1v) is 8.22. The van der Waals surface area contributed by atoms with Gasteiger partial charge in [0.15, 0.2) is 0 Å². The monoisotopic (exact) mass is 283 g/mol. The van der Waals surface area contributed by atoms with E-state index in [1.807, 2.05) is 23.1 Å². The lowest BCUT2D eigenvalue weighted by atomic mass is 9.98. The van der Waals surface area contributed by atoms with E-state index in [9.17, 15) is 0 Å². The molecule has 2 aromatic rings. The van der Waals surface area contributed by atoms with Gasteiger partial charge in [-0.05, 0) is 43.4 Å². The largest absolute Gasteiger partial charge is 0.381 e. The molecule has 21 heavy (non-hydrogen) atoms. The van der Waals surface area contributed by atoms with Crippen molar-refractivity contribution in [1.82, 2.24) is 9.78 Å². The van der Waals surface area contributed by atoms with E-state index in [1.54, 1.807) is 0 Å². The van der Waals surface area contributed by atoms with Crippen LogP contribution >= 0.6 is 0 Å². The van der Waals surface area contributed by atoms with Crippen LogP contribution in [0.3, 0.4) is 0 Å². The summed E-state index contributed by atoms with van der Waals surface area (Å²) in [6.45, 7) is 2.32. The van der Waals surface area contributed by atoms with Gasteiger partial charge in [0.1, 0.15) is 0 Å². The van der Waals surface area contributed by atoms with Crippen molar-refractivity contribution in [3.05, 3.63) is 42.7 Å². The number of nitrogens with one attached hydrogen (secondary N) is 1. The highest BCUT2D eigenvalue weighted by Gasteiger charge is 2.18. The summed E-state index contributed by atoms with van der Waals surface area (Å²) < 4.78 is 1.94. The fraction of sp³-hybridized carbons (Fsp3) is 0.500. The van der Waals surface area contributed by atoms with Gasteiger partial charge in [-0.3, -0.25) is 0 Å². The quantitative estimate of drug-likeness (QED) is 0.828. The summed E-state index contributed by atoms with van der Waals surface area (Å²) in [5, 5.41) is 8.12. The van der Waals surface area contributed by atoms with Crippen molar-refractivity contribution in [2.75, 3.05) is 5.32 Å². The van der Waals surface area contributed by atoms with Gasteiger partial charge in [-0.25, -0.2) is 4.68 Å². The van der Waals surface area contributed by atoms with E-state index in [2.05, 4.69) is 41.6 Å². The molecule has 1 fully saturated rings. The van der Waals surface area contributed by atoms with Crippen LogP contribution in [0.5, 0.6) is 0 Å². The zero-order valence-electron chi connectivity index (χ0n) is 12.8. The maximum atomic E-state index is 4.36. The maximum Gasteiger partial charge on any atom is 0.0876 e. The van der Waals surface area contributed by atoms with Gasteiger partial charge in [0, 0.05) is 18.4 Å². The van der Waals surface area contributed by atoms with Crippen LogP contribution in [0, 0.1) is 5.92 Å². The molecule has 3 rings (SSSR count). The first-order valence-electron chi connectivity index (χ1n) is 8.22. The van der Waals surface area contributed by atoms with E-state index in [0.29, 0.717) is 6.04 Å². The van der Waals surface area contributed by atoms with Crippen LogP contribution in [0.2, 0.25) is 0 Å². The minimum absolute atomic E-state index is 0.596. The van der Waals surface area contributed by atoms with E-state index < -0.39 is 0 Å². The van der Waals surface area contributed by atoms with Crippen LogP contribution < -0.4 is 5.32 Å². The summed E-state index contributed by atoms with van der Waals surface area (Å²) in [5.74, 6) is 0.929. The zero-order valence-corrected chi connectivity index (χ0v) is 12.8. The third kappa shape index (κ3) is 3.46. The second kappa shape index (κ2) is 6.79. The SMILES string of the molecule is CCC1CCCC(Nc2ccccc2-n2cccn2)CC1. The topological polar surface area (TPSA) is 29.9 Å². The molecule has 1 N–H and O–H groups in total. The van der Waals surface area contributed by atoms with Gasteiger partial charge in [-0.1, -0.05) is 38.3 Å². The molecule has 1 aromatic carbocycles. The van der Waals surface area contributed by atoms with Crippen LogP contribution in [0.4, 0.5) is 5.69 Å². The molecule has 1 aliphatic rings. The van der Waals surface area contributed by atoms with Gasteiger partial charge in [-0.15, -0.1) is 0 Å². The number of hydrogen-bond acceptors (Lipinski definition) is 2. The highest BCUT2D eigenvalue weighted by molar-refractivity contribution is 5.61. The number of para-hydroxylation sites is 2. The number of anilines is 1. The molecular formula is C18H25N3. The molecule has 0 radical (unpaired) electrons. The summed E-state index contributed by atoms with van der Waals surface area (Å²) in [4.78, 5) is 0. The minimum atomic E-state index is 0.596. The van der Waals surface area contributed by atoms with Gasteiger partial charge in [0.2, 0.25) is 0 Å². The Hall–Kier alpha value is -1.77. The standard InChI is InChI=1S/C18H25N3/c1-2-15-7-5-8-16(12-11-15)20-17-9-3-4-10-18(17)21-14-6-13-19-21/h3-4,6,9-10,13-16,20H,2,5,7-8,11-12H2,1H3. The van der Waals surface area contributed by atoms with Crippen molar-refractivity contribution in [2.45, 2.75) is 51.5 Å². The molecule has 1 aromatic heterocycles. The average Bonchev–Trinajstić information content (AvgIpc) is 2.95. The average molecular weight is 283 g/mol. The second-order valence-corrected chi connectivity index (χ2v) is 6.09. The number of rotatable bonds is 4. The van der Waals surface area contributed by atoms with E-state index >= 15 is 0 Å². The first kappa shape index (κ1) is 14.2.